The molecule has 0 aromatic heterocycles. The molecule has 98 valence electrons. The molecule has 2 rings (SSSR count). The summed E-state index contributed by atoms with van der Waals surface area (Å²) in [5.74, 6) is 0.828. The van der Waals surface area contributed by atoms with Gasteiger partial charge in [0.25, 0.3) is 0 Å². The minimum Gasteiger partial charge on any atom is -0.351 e. The lowest BCUT2D eigenvalue weighted by atomic mass is 9.84. The topological polar surface area (TPSA) is 55.1 Å². The molecule has 0 aliphatic heterocycles. The van der Waals surface area contributed by atoms with Crippen molar-refractivity contribution < 1.29 is 4.79 Å². The Labute approximate surface area is 105 Å². The fourth-order valence-electron chi connectivity index (χ4n) is 3.32. The zero-order chi connectivity index (χ0) is 12.3. The minimum absolute atomic E-state index is 0.0855. The molecular formula is C14H26N2O. The second-order valence-electron chi connectivity index (χ2n) is 6.30. The van der Waals surface area contributed by atoms with Crippen molar-refractivity contribution in [2.45, 2.75) is 76.3 Å². The lowest BCUT2D eigenvalue weighted by Crippen LogP contribution is -2.44. The standard InChI is InChI=1S/C14H26N2O/c1-14(8-2-3-9-14)16-13(17)10-11-4-6-12(15)7-5-11/h11-12H,2-10,15H2,1H3,(H,16,17). The maximum absolute atomic E-state index is 12.0. The van der Waals surface area contributed by atoms with E-state index in [4.69, 9.17) is 5.73 Å². The van der Waals surface area contributed by atoms with E-state index < -0.39 is 0 Å². The highest BCUT2D eigenvalue weighted by Gasteiger charge is 2.31. The molecule has 0 bridgehead atoms. The molecule has 0 radical (unpaired) electrons. The van der Waals surface area contributed by atoms with Gasteiger partial charge < -0.3 is 11.1 Å². The molecule has 0 atom stereocenters. The van der Waals surface area contributed by atoms with Crippen LogP contribution in [-0.4, -0.2) is 17.5 Å². The molecule has 1 amide bonds. The number of rotatable bonds is 3. The lowest BCUT2D eigenvalue weighted by molar-refractivity contribution is -0.124. The smallest absolute Gasteiger partial charge is 0.220 e. The minimum atomic E-state index is 0.0855. The van der Waals surface area contributed by atoms with Crippen LogP contribution in [0.2, 0.25) is 0 Å². The van der Waals surface area contributed by atoms with Crippen LogP contribution in [0.25, 0.3) is 0 Å². The van der Waals surface area contributed by atoms with Crippen molar-refractivity contribution >= 4 is 5.91 Å². The predicted molar refractivity (Wildman–Crippen MR) is 69.6 cm³/mol. The molecule has 17 heavy (non-hydrogen) atoms. The van der Waals surface area contributed by atoms with Crippen molar-refractivity contribution in [3.05, 3.63) is 0 Å². The second-order valence-corrected chi connectivity index (χ2v) is 6.30. The summed E-state index contributed by atoms with van der Waals surface area (Å²) in [5.41, 5.74) is 5.97. The Kier molecular flexibility index (Phi) is 4.08. The Bertz CT molecular complexity index is 263. The van der Waals surface area contributed by atoms with Crippen molar-refractivity contribution in [1.29, 1.82) is 0 Å². The zero-order valence-corrected chi connectivity index (χ0v) is 11.0. The monoisotopic (exact) mass is 238 g/mol. The van der Waals surface area contributed by atoms with E-state index in [1.54, 1.807) is 0 Å². The van der Waals surface area contributed by atoms with E-state index >= 15 is 0 Å². The molecule has 0 spiro atoms. The summed E-state index contributed by atoms with van der Waals surface area (Å²) in [5, 5.41) is 3.24. The van der Waals surface area contributed by atoms with E-state index in [1.807, 2.05) is 0 Å². The van der Waals surface area contributed by atoms with Crippen LogP contribution in [0.5, 0.6) is 0 Å². The van der Waals surface area contributed by atoms with Crippen LogP contribution in [0.15, 0.2) is 0 Å². The highest BCUT2D eigenvalue weighted by molar-refractivity contribution is 5.77. The summed E-state index contributed by atoms with van der Waals surface area (Å²) >= 11 is 0. The highest BCUT2D eigenvalue weighted by atomic mass is 16.1. The van der Waals surface area contributed by atoms with Crippen LogP contribution in [-0.2, 0) is 4.79 Å². The number of hydrogen-bond donors (Lipinski definition) is 2. The normalized spacial score (nSPS) is 32.4. The van der Waals surface area contributed by atoms with Crippen molar-refractivity contribution in [2.24, 2.45) is 11.7 Å². The summed E-state index contributed by atoms with van der Waals surface area (Å²) < 4.78 is 0. The molecule has 0 aromatic carbocycles. The first kappa shape index (κ1) is 12.9. The fourth-order valence-corrected chi connectivity index (χ4v) is 3.32. The molecule has 3 nitrogen and oxygen atoms in total. The molecule has 0 unspecified atom stereocenters. The first-order valence-corrected chi connectivity index (χ1v) is 7.14. The van der Waals surface area contributed by atoms with Gasteiger partial charge in [0.2, 0.25) is 5.91 Å². The molecular weight excluding hydrogens is 212 g/mol. The van der Waals surface area contributed by atoms with Gasteiger partial charge in [0.1, 0.15) is 0 Å². The highest BCUT2D eigenvalue weighted by Crippen LogP contribution is 2.30. The maximum Gasteiger partial charge on any atom is 0.220 e. The van der Waals surface area contributed by atoms with Crippen LogP contribution in [0.3, 0.4) is 0 Å². The Morgan fingerprint density at radius 3 is 2.41 bits per heavy atom. The first-order chi connectivity index (χ1) is 8.07. The zero-order valence-electron chi connectivity index (χ0n) is 11.0. The molecule has 0 saturated heterocycles. The molecule has 0 aromatic rings. The summed E-state index contributed by atoms with van der Waals surface area (Å²) in [6.45, 7) is 2.19. The second kappa shape index (κ2) is 5.38. The predicted octanol–water partition coefficient (Wildman–Crippen LogP) is 2.34. The third-order valence-electron chi connectivity index (χ3n) is 4.51. The van der Waals surface area contributed by atoms with Gasteiger partial charge in [-0.25, -0.2) is 0 Å². The van der Waals surface area contributed by atoms with Crippen molar-refractivity contribution in [3.63, 3.8) is 0 Å². The number of nitrogens with one attached hydrogen (secondary N) is 1. The Hall–Kier alpha value is -0.570. The lowest BCUT2D eigenvalue weighted by Gasteiger charge is -2.29. The van der Waals surface area contributed by atoms with E-state index in [0.717, 1.165) is 38.5 Å². The SMILES string of the molecule is CC1(NC(=O)CC2CCC(N)CC2)CCCC1. The summed E-state index contributed by atoms with van der Waals surface area (Å²) in [7, 11) is 0. The largest absolute Gasteiger partial charge is 0.351 e. The van der Waals surface area contributed by atoms with Gasteiger partial charge in [-0.3, -0.25) is 4.79 Å². The first-order valence-electron chi connectivity index (χ1n) is 7.14. The van der Waals surface area contributed by atoms with Gasteiger partial charge >= 0.3 is 0 Å². The van der Waals surface area contributed by atoms with Crippen molar-refractivity contribution in [3.8, 4) is 0 Å². The number of carbonyl (C=O) groups is 1. The number of hydrogen-bond acceptors (Lipinski definition) is 2. The van der Waals surface area contributed by atoms with Crippen LogP contribution in [0.4, 0.5) is 0 Å². The van der Waals surface area contributed by atoms with Crippen LogP contribution in [0.1, 0.15) is 64.7 Å². The number of amides is 1. The fraction of sp³-hybridized carbons (Fsp3) is 0.929. The Morgan fingerprint density at radius 1 is 1.24 bits per heavy atom. The van der Waals surface area contributed by atoms with Gasteiger partial charge in [0, 0.05) is 18.0 Å². The molecule has 3 N–H and O–H groups in total. The summed E-state index contributed by atoms with van der Waals surface area (Å²) in [6.07, 6.45) is 9.97. The van der Waals surface area contributed by atoms with Gasteiger partial charge in [-0.05, 0) is 51.4 Å². The quantitative estimate of drug-likeness (QED) is 0.793. The van der Waals surface area contributed by atoms with E-state index in [-0.39, 0.29) is 11.4 Å². The summed E-state index contributed by atoms with van der Waals surface area (Å²) in [4.78, 5) is 12.0. The van der Waals surface area contributed by atoms with E-state index in [9.17, 15) is 4.79 Å². The Balaban J connectivity index is 1.73. The number of carbonyl (C=O) groups excluding carboxylic acids is 1. The van der Waals surface area contributed by atoms with Gasteiger partial charge in [-0.1, -0.05) is 12.8 Å². The van der Waals surface area contributed by atoms with E-state index in [0.29, 0.717) is 18.4 Å². The Morgan fingerprint density at radius 2 is 1.82 bits per heavy atom. The average Bonchev–Trinajstić information content (AvgIpc) is 2.68. The van der Waals surface area contributed by atoms with Gasteiger partial charge in [-0.15, -0.1) is 0 Å². The average molecular weight is 238 g/mol. The van der Waals surface area contributed by atoms with Crippen molar-refractivity contribution in [2.75, 3.05) is 0 Å². The molecule has 3 heteroatoms. The van der Waals surface area contributed by atoms with Gasteiger partial charge in [0.05, 0.1) is 0 Å². The van der Waals surface area contributed by atoms with E-state index in [1.165, 1.54) is 12.8 Å². The molecule has 2 aliphatic rings. The van der Waals surface area contributed by atoms with Crippen molar-refractivity contribution in [1.82, 2.24) is 5.32 Å². The van der Waals surface area contributed by atoms with E-state index in [2.05, 4.69) is 12.2 Å². The summed E-state index contributed by atoms with van der Waals surface area (Å²) in [6, 6.07) is 0.377. The van der Waals surface area contributed by atoms with Gasteiger partial charge in [-0.2, -0.15) is 0 Å². The maximum atomic E-state index is 12.0. The molecule has 0 heterocycles. The van der Waals surface area contributed by atoms with Crippen LogP contribution >= 0.6 is 0 Å². The van der Waals surface area contributed by atoms with Gasteiger partial charge in [0.15, 0.2) is 0 Å². The molecule has 2 saturated carbocycles. The third-order valence-corrected chi connectivity index (χ3v) is 4.51. The number of nitrogens with two attached hydrogens (primary N) is 1. The third kappa shape index (κ3) is 3.70. The van der Waals surface area contributed by atoms with Crippen LogP contribution in [0, 0.1) is 5.92 Å². The molecule has 2 aliphatic carbocycles. The van der Waals surface area contributed by atoms with Crippen LogP contribution < -0.4 is 11.1 Å². The molecule has 2 fully saturated rings.